The summed E-state index contributed by atoms with van der Waals surface area (Å²) in [5, 5.41) is 22.1. The summed E-state index contributed by atoms with van der Waals surface area (Å²) < 4.78 is 0. The molecule has 2 aromatic carbocycles. The normalized spacial score (nSPS) is 25.2. The molecule has 5 unspecified atom stereocenters. The van der Waals surface area contributed by atoms with Gasteiger partial charge in [0, 0.05) is 32.2 Å². The van der Waals surface area contributed by atoms with Crippen molar-refractivity contribution in [3.05, 3.63) is 65.4 Å². The largest absolute Gasteiger partial charge is 0.393 e. The third-order valence-corrected chi connectivity index (χ3v) is 7.82. The summed E-state index contributed by atoms with van der Waals surface area (Å²) in [4.78, 5) is 4.60. The van der Waals surface area contributed by atoms with Gasteiger partial charge in [-0.1, -0.05) is 59.2 Å². The number of pyridine rings is 1. The Morgan fingerprint density at radius 2 is 1.83 bits per heavy atom. The second kappa shape index (κ2) is 12.1. The van der Waals surface area contributed by atoms with Crippen molar-refractivity contribution in [2.24, 2.45) is 17.8 Å². The zero-order chi connectivity index (χ0) is 24.4. The van der Waals surface area contributed by atoms with E-state index in [9.17, 15) is 10.2 Å². The number of nitrogens with zero attached hydrogens (tertiary/aromatic N) is 1. The molecule has 5 rings (SSSR count). The van der Waals surface area contributed by atoms with E-state index in [0.29, 0.717) is 17.8 Å². The number of benzene rings is 2. The van der Waals surface area contributed by atoms with Gasteiger partial charge in [-0.05, 0) is 71.5 Å². The first-order chi connectivity index (χ1) is 16.3. The molecular formula is C31H40IrNO2-. The van der Waals surface area contributed by atoms with Crippen LogP contribution in [-0.4, -0.2) is 27.4 Å². The Labute approximate surface area is 224 Å². The number of aliphatic hydroxyl groups excluding tert-OH is 2. The second-order valence-electron chi connectivity index (χ2n) is 10.8. The van der Waals surface area contributed by atoms with Gasteiger partial charge >= 0.3 is 0 Å². The van der Waals surface area contributed by atoms with E-state index in [4.69, 9.17) is 0 Å². The Bertz CT molecular complexity index is 1110. The number of fused-ring (bicyclic) bond motifs is 2. The van der Waals surface area contributed by atoms with E-state index in [2.05, 4.69) is 82.1 Å². The molecule has 0 spiro atoms. The Morgan fingerprint density at radius 1 is 1.06 bits per heavy atom. The molecule has 191 valence electrons. The summed E-state index contributed by atoms with van der Waals surface area (Å²) >= 11 is 0. The fourth-order valence-electron chi connectivity index (χ4n) is 6.16. The Kier molecular flexibility index (Phi) is 9.68. The van der Waals surface area contributed by atoms with Crippen LogP contribution in [0.1, 0.15) is 75.5 Å². The first kappa shape index (κ1) is 28.0. The molecule has 3 nitrogen and oxygen atoms in total. The van der Waals surface area contributed by atoms with Crippen LogP contribution >= 0.6 is 0 Å². The molecule has 2 aliphatic rings. The quantitative estimate of drug-likeness (QED) is 0.299. The predicted octanol–water partition coefficient (Wildman–Crippen LogP) is 6.99. The Morgan fingerprint density at radius 3 is 2.49 bits per heavy atom. The zero-order valence-electron chi connectivity index (χ0n) is 21.7. The fraction of sp³-hybridized carbons (Fsp3) is 0.516. The summed E-state index contributed by atoms with van der Waals surface area (Å²) in [7, 11) is 0. The molecule has 5 atom stereocenters. The number of hydrogen-bond acceptors (Lipinski definition) is 3. The standard InChI is InChI=1S/C20H20N.C11H20O2.Ir/c1-13(2)16-5-6-19-17(12-16)7-8-21-20(19)18-10-14(3)9-15(4)11-18;1-2-3-8-6-7-4-5-9(12)10(7)11(8)13;/h5-10,12-13H,1-4H3;7-13H,2-6H2,1H3;/q-1;;. The fourth-order valence-corrected chi connectivity index (χ4v) is 6.16. The van der Waals surface area contributed by atoms with Crippen LogP contribution in [0.15, 0.2) is 42.6 Å². The van der Waals surface area contributed by atoms with Gasteiger partial charge < -0.3 is 15.2 Å². The van der Waals surface area contributed by atoms with Crippen LogP contribution in [0, 0.1) is 37.7 Å². The molecule has 4 heteroatoms. The smallest absolute Gasteiger partial charge is 0.0623 e. The molecule has 0 aliphatic heterocycles. The van der Waals surface area contributed by atoms with Gasteiger partial charge in [-0.25, -0.2) is 0 Å². The monoisotopic (exact) mass is 651 g/mol. The van der Waals surface area contributed by atoms with Gasteiger partial charge in [-0.2, -0.15) is 0 Å². The van der Waals surface area contributed by atoms with Crippen LogP contribution in [-0.2, 0) is 20.1 Å². The van der Waals surface area contributed by atoms with Gasteiger partial charge in [0.05, 0.1) is 12.2 Å². The van der Waals surface area contributed by atoms with Gasteiger partial charge in [-0.3, -0.25) is 0 Å². The van der Waals surface area contributed by atoms with Crippen molar-refractivity contribution in [2.75, 3.05) is 0 Å². The van der Waals surface area contributed by atoms with Crippen molar-refractivity contribution in [3.8, 4) is 11.3 Å². The topological polar surface area (TPSA) is 53.4 Å². The molecule has 1 heterocycles. The van der Waals surface area contributed by atoms with Gasteiger partial charge in [0.2, 0.25) is 0 Å². The van der Waals surface area contributed by atoms with Crippen LogP contribution in [0.4, 0.5) is 0 Å². The molecule has 2 N–H and O–H groups in total. The van der Waals surface area contributed by atoms with Crippen LogP contribution in [0.25, 0.3) is 22.0 Å². The molecule has 1 radical (unpaired) electrons. The van der Waals surface area contributed by atoms with Crippen molar-refractivity contribution >= 4 is 10.8 Å². The molecule has 3 aromatic rings. The Balaban J connectivity index is 0.000000211. The molecule has 0 bridgehead atoms. The minimum atomic E-state index is -0.221. The molecule has 0 amide bonds. The average Bonchev–Trinajstić information content (AvgIpc) is 3.32. The molecule has 2 fully saturated rings. The molecule has 2 saturated carbocycles. The molecular weight excluding hydrogens is 611 g/mol. The molecule has 1 aromatic heterocycles. The molecule has 0 saturated heterocycles. The van der Waals surface area contributed by atoms with Gasteiger partial charge in [0.15, 0.2) is 0 Å². The number of aliphatic hydroxyl groups is 2. The van der Waals surface area contributed by atoms with E-state index in [1.165, 1.54) is 21.9 Å². The molecule has 35 heavy (non-hydrogen) atoms. The summed E-state index contributed by atoms with van der Waals surface area (Å²) in [5.74, 6) is 1.83. The van der Waals surface area contributed by atoms with E-state index in [0.717, 1.165) is 48.9 Å². The van der Waals surface area contributed by atoms with E-state index >= 15 is 0 Å². The van der Waals surface area contributed by atoms with E-state index in [1.54, 1.807) is 0 Å². The van der Waals surface area contributed by atoms with Crippen molar-refractivity contribution < 1.29 is 30.3 Å². The molecule has 2 aliphatic carbocycles. The first-order valence-corrected chi connectivity index (χ1v) is 13.0. The second-order valence-corrected chi connectivity index (χ2v) is 10.8. The maximum Gasteiger partial charge on any atom is 0.0623 e. The van der Waals surface area contributed by atoms with Crippen molar-refractivity contribution in [1.82, 2.24) is 4.98 Å². The summed E-state index contributed by atoms with van der Waals surface area (Å²) in [6.45, 7) is 10.8. The van der Waals surface area contributed by atoms with Crippen molar-refractivity contribution in [2.45, 2.75) is 84.8 Å². The van der Waals surface area contributed by atoms with Crippen LogP contribution < -0.4 is 0 Å². The number of rotatable bonds is 4. The van der Waals surface area contributed by atoms with Crippen LogP contribution in [0.5, 0.6) is 0 Å². The maximum atomic E-state index is 10.0. The third-order valence-electron chi connectivity index (χ3n) is 7.82. The first-order valence-electron chi connectivity index (χ1n) is 13.0. The van der Waals surface area contributed by atoms with Gasteiger partial charge in [-0.15, -0.1) is 34.9 Å². The van der Waals surface area contributed by atoms with Gasteiger partial charge in [0.1, 0.15) is 0 Å². The van der Waals surface area contributed by atoms with E-state index in [1.807, 2.05) is 6.20 Å². The number of aromatic nitrogens is 1. The maximum absolute atomic E-state index is 10.0. The van der Waals surface area contributed by atoms with E-state index < -0.39 is 0 Å². The van der Waals surface area contributed by atoms with Crippen LogP contribution in [0.2, 0.25) is 0 Å². The number of aryl methyl sites for hydroxylation is 2. The minimum absolute atomic E-state index is 0. The zero-order valence-corrected chi connectivity index (χ0v) is 24.1. The van der Waals surface area contributed by atoms with Crippen molar-refractivity contribution in [1.29, 1.82) is 0 Å². The van der Waals surface area contributed by atoms with Gasteiger partial charge in [0.25, 0.3) is 0 Å². The average molecular weight is 651 g/mol. The Hall–Kier alpha value is -1.58. The summed E-state index contributed by atoms with van der Waals surface area (Å²) in [5.41, 5.74) is 5.87. The van der Waals surface area contributed by atoms with Crippen LogP contribution in [0.3, 0.4) is 0 Å². The van der Waals surface area contributed by atoms with Crippen molar-refractivity contribution in [3.63, 3.8) is 0 Å². The SMILES string of the molecule is CCCC1CC2CCC(O)C2C1O.Cc1[c-]c(-c2nccc3cc(C(C)C)ccc23)cc(C)c1.[Ir]. The van der Waals surface area contributed by atoms with E-state index in [-0.39, 0.29) is 38.2 Å². The minimum Gasteiger partial charge on any atom is -0.393 e. The third kappa shape index (κ3) is 6.23. The predicted molar refractivity (Wildman–Crippen MR) is 141 cm³/mol. The number of hydrogen-bond donors (Lipinski definition) is 2. The summed E-state index contributed by atoms with van der Waals surface area (Å²) in [6, 6.07) is 16.5. The summed E-state index contributed by atoms with van der Waals surface area (Å²) in [6.07, 6.45) is 6.92.